The van der Waals surface area contributed by atoms with Crippen LogP contribution in [0.5, 0.6) is 23.0 Å². The third kappa shape index (κ3) is 4.72. The minimum Gasteiger partial charge on any atom is -0.478 e. The van der Waals surface area contributed by atoms with E-state index in [1.165, 1.54) is 0 Å². The van der Waals surface area contributed by atoms with Crippen LogP contribution in [-0.4, -0.2) is 88.7 Å². The van der Waals surface area contributed by atoms with Gasteiger partial charge in [0.05, 0.1) is 32.0 Å². The fourth-order valence-electron chi connectivity index (χ4n) is 5.29. The fraction of sp³-hybridized carbons (Fsp3) is 0.481. The van der Waals surface area contributed by atoms with Crippen molar-refractivity contribution < 1.29 is 59.2 Å². The van der Waals surface area contributed by atoms with Gasteiger partial charge in [-0.2, -0.15) is 0 Å². The number of aromatic carboxylic acids is 2. The Labute approximate surface area is 262 Å². The Morgan fingerprint density at radius 1 is 0.558 bits per heavy atom. The van der Waals surface area contributed by atoms with Crippen molar-refractivity contribution in [3.05, 3.63) is 22.3 Å². The van der Waals surface area contributed by atoms with Gasteiger partial charge in [-0.05, 0) is 5.56 Å². The van der Waals surface area contributed by atoms with E-state index in [0.717, 1.165) is 47.0 Å². The second kappa shape index (κ2) is 10.2. The predicted molar refractivity (Wildman–Crippen MR) is 158 cm³/mol. The highest BCUT2D eigenvalue weighted by atomic mass is 32.2. The first kappa shape index (κ1) is 30.8. The first-order valence-corrected chi connectivity index (χ1v) is 16.3. The van der Waals surface area contributed by atoms with Crippen molar-refractivity contribution in [1.82, 2.24) is 0 Å². The summed E-state index contributed by atoms with van der Waals surface area (Å²) in [6.07, 6.45) is 0.00893. The van der Waals surface area contributed by atoms with Crippen molar-refractivity contribution in [2.24, 2.45) is 0 Å². The molecule has 0 atom stereocenters. The van der Waals surface area contributed by atoms with Gasteiger partial charge in [-0.3, -0.25) is 0 Å². The van der Waals surface area contributed by atoms with E-state index in [2.05, 4.69) is 0 Å². The molecule has 43 heavy (non-hydrogen) atoms. The molecule has 6 N–H and O–H groups in total. The molecule has 6 rings (SSSR count). The van der Waals surface area contributed by atoms with E-state index < -0.39 is 58.1 Å². The number of ether oxygens (including phenoxy) is 4. The Morgan fingerprint density at radius 2 is 0.907 bits per heavy atom. The van der Waals surface area contributed by atoms with E-state index in [9.17, 15) is 40.2 Å². The maximum atomic E-state index is 12.7. The topological polar surface area (TPSA) is 192 Å². The Balaban J connectivity index is 1.64. The molecular formula is C27H28O12S4. The molecule has 2 aromatic carbocycles. The molecule has 0 aromatic heterocycles. The van der Waals surface area contributed by atoms with E-state index >= 15 is 0 Å². The largest absolute Gasteiger partial charge is 0.478 e. The lowest BCUT2D eigenvalue weighted by Crippen LogP contribution is -2.31. The molecular weight excluding hydrogens is 645 g/mol. The zero-order valence-corrected chi connectivity index (χ0v) is 26.6. The van der Waals surface area contributed by atoms with Gasteiger partial charge in [-0.25, -0.2) is 9.59 Å². The van der Waals surface area contributed by atoms with Crippen molar-refractivity contribution in [2.75, 3.05) is 26.4 Å². The third-order valence-corrected chi connectivity index (χ3v) is 13.4. The number of carboxylic acid groups (broad SMARTS) is 2. The molecule has 0 saturated heterocycles. The summed E-state index contributed by atoms with van der Waals surface area (Å²) in [5, 5.41) is 61.6. The summed E-state index contributed by atoms with van der Waals surface area (Å²) >= 11 is 4.35. The number of aliphatic hydroxyl groups is 4. The average Bonchev–Trinajstić information content (AvgIpc) is 3.67. The lowest BCUT2D eigenvalue weighted by atomic mass is 9.98. The quantitative estimate of drug-likeness (QED) is 0.239. The minimum absolute atomic E-state index is 0.00893. The van der Waals surface area contributed by atoms with Gasteiger partial charge < -0.3 is 49.6 Å². The number of benzene rings is 2. The van der Waals surface area contributed by atoms with E-state index in [4.69, 9.17) is 18.9 Å². The van der Waals surface area contributed by atoms with Crippen LogP contribution in [0.1, 0.15) is 59.5 Å². The summed E-state index contributed by atoms with van der Waals surface area (Å²) in [5.74, 6) is -4.81. The highest BCUT2D eigenvalue weighted by molar-refractivity contribution is 8.22. The fourth-order valence-corrected chi connectivity index (χ4v) is 11.3. The first-order chi connectivity index (χ1) is 20.1. The molecule has 232 valence electrons. The van der Waals surface area contributed by atoms with E-state index in [-0.39, 0.29) is 40.5 Å². The van der Waals surface area contributed by atoms with Crippen LogP contribution < -0.4 is 18.9 Å². The number of carboxylic acids is 2. The number of carbonyl (C=O) groups is 2. The van der Waals surface area contributed by atoms with Gasteiger partial charge >= 0.3 is 11.9 Å². The molecule has 16 heteroatoms. The van der Waals surface area contributed by atoms with Crippen LogP contribution in [0.3, 0.4) is 0 Å². The van der Waals surface area contributed by atoms with Crippen molar-refractivity contribution in [3.63, 3.8) is 0 Å². The summed E-state index contributed by atoms with van der Waals surface area (Å²) in [6, 6.07) is 0. The van der Waals surface area contributed by atoms with Gasteiger partial charge in [0, 0.05) is 59.3 Å². The summed E-state index contributed by atoms with van der Waals surface area (Å²) in [6.45, 7) is 4.69. The maximum Gasteiger partial charge on any atom is 0.343 e. The molecule has 0 saturated carbocycles. The molecule has 0 fully saturated rings. The van der Waals surface area contributed by atoms with Crippen LogP contribution in [0.2, 0.25) is 0 Å². The van der Waals surface area contributed by atoms with Gasteiger partial charge in [-0.15, -0.1) is 47.0 Å². The van der Waals surface area contributed by atoms with E-state index in [0.29, 0.717) is 30.7 Å². The monoisotopic (exact) mass is 672 g/mol. The standard InChI is InChI=1S/C27H28O12S4/c1-24(2)36-14-10(15-17(39-25(3,4)37-15)12(22(32)33)16(14)38-24)5-11-18-20(42-26(6-28,7-29)40-18)13(23(34)35)21-19(11)41-27(8-30,9-31)43-21/h28-31H,5-9H2,1-4H3,(H,32,33)(H,34,35). The molecule has 0 spiro atoms. The molecule has 4 heterocycles. The van der Waals surface area contributed by atoms with Crippen molar-refractivity contribution in [1.29, 1.82) is 0 Å². The van der Waals surface area contributed by atoms with Crippen LogP contribution in [0.15, 0.2) is 19.6 Å². The van der Waals surface area contributed by atoms with E-state index in [1.54, 1.807) is 27.7 Å². The maximum absolute atomic E-state index is 12.7. The molecule has 4 aliphatic rings. The van der Waals surface area contributed by atoms with Crippen molar-refractivity contribution >= 4 is 59.0 Å². The Kier molecular flexibility index (Phi) is 7.29. The van der Waals surface area contributed by atoms with Gasteiger partial charge in [0.25, 0.3) is 0 Å². The lowest BCUT2D eigenvalue weighted by Gasteiger charge is -2.23. The Bertz CT molecular complexity index is 1480. The zero-order valence-electron chi connectivity index (χ0n) is 23.3. The molecule has 12 nitrogen and oxygen atoms in total. The predicted octanol–water partition coefficient (Wildman–Crippen LogP) is 3.45. The molecule has 0 aliphatic carbocycles. The molecule has 0 amide bonds. The van der Waals surface area contributed by atoms with Crippen molar-refractivity contribution in [3.8, 4) is 23.0 Å². The summed E-state index contributed by atoms with van der Waals surface area (Å²) in [4.78, 5) is 26.8. The summed E-state index contributed by atoms with van der Waals surface area (Å²) in [7, 11) is 0. The second-order valence-electron chi connectivity index (χ2n) is 11.2. The molecule has 0 unspecified atom stereocenters. The number of hydrogen-bond donors (Lipinski definition) is 6. The van der Waals surface area contributed by atoms with Gasteiger partial charge in [0.15, 0.2) is 28.6 Å². The minimum atomic E-state index is -1.31. The van der Waals surface area contributed by atoms with Crippen LogP contribution in [0.4, 0.5) is 0 Å². The molecule has 0 bridgehead atoms. The number of fused-ring (bicyclic) bond motifs is 4. The zero-order chi connectivity index (χ0) is 31.3. The SMILES string of the molecule is CC1(C)Oc2c(Cc3c4c(c(C(=O)O)c5c3SC(CO)(CO)S5)SC(CO)(CO)S4)c3c(c(C(=O)O)c2O1)OC(C)(C)O3. The van der Waals surface area contributed by atoms with Gasteiger partial charge in [0.2, 0.25) is 11.6 Å². The Hall–Kier alpha value is -2.18. The molecule has 4 aliphatic heterocycles. The normalized spacial score (nSPS) is 20.7. The van der Waals surface area contributed by atoms with Gasteiger partial charge in [0.1, 0.15) is 8.16 Å². The van der Waals surface area contributed by atoms with Crippen LogP contribution >= 0.6 is 47.0 Å². The number of thioether (sulfide) groups is 4. The number of hydrogen-bond acceptors (Lipinski definition) is 14. The smallest absolute Gasteiger partial charge is 0.343 e. The van der Waals surface area contributed by atoms with Gasteiger partial charge in [-0.1, -0.05) is 0 Å². The van der Waals surface area contributed by atoms with Crippen molar-refractivity contribution in [2.45, 2.75) is 73.4 Å². The lowest BCUT2D eigenvalue weighted by molar-refractivity contribution is -0.0492. The van der Waals surface area contributed by atoms with Crippen LogP contribution in [0, 0.1) is 0 Å². The van der Waals surface area contributed by atoms with Crippen LogP contribution in [0.25, 0.3) is 0 Å². The number of rotatable bonds is 8. The first-order valence-electron chi connectivity index (χ1n) is 13.0. The second-order valence-corrected chi connectivity index (χ2v) is 17.3. The summed E-state index contributed by atoms with van der Waals surface area (Å²) in [5.41, 5.74) is 0.669. The number of aliphatic hydroxyl groups excluding tert-OH is 4. The average molecular weight is 673 g/mol. The molecule has 2 aromatic rings. The molecule has 0 radical (unpaired) electrons. The summed E-state index contributed by atoms with van der Waals surface area (Å²) < 4.78 is 21.9. The highest BCUT2D eigenvalue weighted by Crippen LogP contribution is 2.67. The van der Waals surface area contributed by atoms with E-state index in [1.807, 2.05) is 0 Å². The Morgan fingerprint density at radius 3 is 1.26 bits per heavy atom. The highest BCUT2D eigenvalue weighted by Gasteiger charge is 2.51. The third-order valence-electron chi connectivity index (χ3n) is 7.12. The van der Waals surface area contributed by atoms with Crippen LogP contribution in [-0.2, 0) is 6.42 Å².